The standard InChI is InChI=1S/C11H17N3O/c1-3-7-6-9(7)13-10-5-4-8(12)11(14-10)15-2/h4-5,7,9H,3,6,12H2,1-2H3,(H,13,14). The van der Waals surface area contributed by atoms with Gasteiger partial charge in [0.2, 0.25) is 5.88 Å². The summed E-state index contributed by atoms with van der Waals surface area (Å²) in [6.45, 7) is 2.21. The molecule has 1 aliphatic rings. The maximum atomic E-state index is 5.68. The molecule has 4 nitrogen and oxygen atoms in total. The number of ether oxygens (including phenoxy) is 1. The molecule has 1 aliphatic carbocycles. The molecular weight excluding hydrogens is 190 g/mol. The fourth-order valence-corrected chi connectivity index (χ4v) is 1.76. The van der Waals surface area contributed by atoms with E-state index >= 15 is 0 Å². The topological polar surface area (TPSA) is 60.2 Å². The molecule has 1 aromatic heterocycles. The number of nitrogens with two attached hydrogens (primary N) is 1. The van der Waals surface area contributed by atoms with E-state index in [1.54, 1.807) is 7.11 Å². The lowest BCUT2D eigenvalue weighted by Gasteiger charge is -2.08. The van der Waals surface area contributed by atoms with Crippen LogP contribution in [0.3, 0.4) is 0 Å². The quantitative estimate of drug-likeness (QED) is 0.791. The van der Waals surface area contributed by atoms with Gasteiger partial charge in [-0.1, -0.05) is 13.3 Å². The van der Waals surface area contributed by atoms with Gasteiger partial charge in [0.15, 0.2) is 0 Å². The Labute approximate surface area is 89.8 Å². The summed E-state index contributed by atoms with van der Waals surface area (Å²) in [5.74, 6) is 2.14. The molecule has 0 amide bonds. The number of rotatable bonds is 4. The van der Waals surface area contributed by atoms with E-state index in [2.05, 4.69) is 17.2 Å². The van der Waals surface area contributed by atoms with Crippen LogP contribution in [0.25, 0.3) is 0 Å². The van der Waals surface area contributed by atoms with Gasteiger partial charge in [-0.3, -0.25) is 0 Å². The SMILES string of the molecule is CCC1CC1Nc1ccc(N)c(OC)n1. The Hall–Kier alpha value is -1.45. The monoisotopic (exact) mass is 207 g/mol. The molecule has 0 bridgehead atoms. The fraction of sp³-hybridized carbons (Fsp3) is 0.545. The first kappa shape index (κ1) is 10.1. The summed E-state index contributed by atoms with van der Waals surface area (Å²) in [6.07, 6.45) is 2.47. The van der Waals surface area contributed by atoms with E-state index in [9.17, 15) is 0 Å². The molecule has 0 aliphatic heterocycles. The predicted octanol–water partition coefficient (Wildman–Crippen LogP) is 1.88. The Kier molecular flexibility index (Phi) is 2.66. The first-order chi connectivity index (χ1) is 7.24. The summed E-state index contributed by atoms with van der Waals surface area (Å²) < 4.78 is 5.06. The minimum absolute atomic E-state index is 0.494. The van der Waals surface area contributed by atoms with Gasteiger partial charge in [0, 0.05) is 6.04 Å². The van der Waals surface area contributed by atoms with E-state index in [1.165, 1.54) is 12.8 Å². The van der Waals surface area contributed by atoms with Gasteiger partial charge >= 0.3 is 0 Å². The van der Waals surface area contributed by atoms with Gasteiger partial charge in [-0.25, -0.2) is 0 Å². The first-order valence-corrected chi connectivity index (χ1v) is 5.31. The molecule has 0 spiro atoms. The van der Waals surface area contributed by atoms with Crippen molar-refractivity contribution in [3.8, 4) is 5.88 Å². The van der Waals surface area contributed by atoms with Gasteiger partial charge in [-0.2, -0.15) is 4.98 Å². The zero-order valence-electron chi connectivity index (χ0n) is 9.16. The van der Waals surface area contributed by atoms with Crippen LogP contribution in [0.15, 0.2) is 12.1 Å². The number of hydrogen-bond donors (Lipinski definition) is 2. The van der Waals surface area contributed by atoms with Crippen molar-refractivity contribution in [1.29, 1.82) is 0 Å². The highest BCUT2D eigenvalue weighted by Gasteiger charge is 2.35. The van der Waals surface area contributed by atoms with Crippen LogP contribution >= 0.6 is 0 Å². The normalized spacial score (nSPS) is 23.6. The first-order valence-electron chi connectivity index (χ1n) is 5.31. The van der Waals surface area contributed by atoms with E-state index in [4.69, 9.17) is 10.5 Å². The largest absolute Gasteiger partial charge is 0.479 e. The number of anilines is 2. The molecule has 4 heteroatoms. The Morgan fingerprint density at radius 3 is 3.00 bits per heavy atom. The minimum atomic E-state index is 0.494. The highest BCUT2D eigenvalue weighted by atomic mass is 16.5. The van der Waals surface area contributed by atoms with Crippen LogP contribution in [-0.4, -0.2) is 18.1 Å². The summed E-state index contributed by atoms with van der Waals surface area (Å²) in [6, 6.07) is 4.29. The highest BCUT2D eigenvalue weighted by Crippen LogP contribution is 2.36. The minimum Gasteiger partial charge on any atom is -0.479 e. The molecule has 82 valence electrons. The van der Waals surface area contributed by atoms with Crippen molar-refractivity contribution in [2.45, 2.75) is 25.8 Å². The Morgan fingerprint density at radius 1 is 1.60 bits per heavy atom. The Morgan fingerprint density at radius 2 is 2.40 bits per heavy atom. The van der Waals surface area contributed by atoms with Gasteiger partial charge in [-0.15, -0.1) is 0 Å². The Balaban J connectivity index is 2.03. The summed E-state index contributed by atoms with van der Waals surface area (Å²) in [7, 11) is 1.58. The Bertz CT molecular complexity index is 354. The third-order valence-corrected chi connectivity index (χ3v) is 2.86. The molecular formula is C11H17N3O. The van der Waals surface area contributed by atoms with Crippen LogP contribution in [0.4, 0.5) is 11.5 Å². The fourth-order valence-electron chi connectivity index (χ4n) is 1.76. The van der Waals surface area contributed by atoms with Crippen molar-refractivity contribution in [3.05, 3.63) is 12.1 Å². The second-order valence-electron chi connectivity index (χ2n) is 3.95. The molecule has 15 heavy (non-hydrogen) atoms. The zero-order chi connectivity index (χ0) is 10.8. The van der Waals surface area contributed by atoms with Crippen LogP contribution in [0.2, 0.25) is 0 Å². The molecule has 0 radical (unpaired) electrons. The van der Waals surface area contributed by atoms with Crippen molar-refractivity contribution in [2.24, 2.45) is 5.92 Å². The number of nitrogens with zero attached hydrogens (tertiary/aromatic N) is 1. The zero-order valence-corrected chi connectivity index (χ0v) is 9.16. The average molecular weight is 207 g/mol. The average Bonchev–Trinajstić information content (AvgIpc) is 2.99. The van der Waals surface area contributed by atoms with Crippen molar-refractivity contribution >= 4 is 11.5 Å². The molecule has 2 rings (SSSR count). The molecule has 0 aromatic carbocycles. The van der Waals surface area contributed by atoms with Crippen molar-refractivity contribution < 1.29 is 4.74 Å². The number of nitrogens with one attached hydrogen (secondary N) is 1. The molecule has 1 fully saturated rings. The molecule has 2 atom stereocenters. The second-order valence-corrected chi connectivity index (χ2v) is 3.95. The van der Waals surface area contributed by atoms with Gasteiger partial charge < -0.3 is 15.8 Å². The van der Waals surface area contributed by atoms with E-state index < -0.39 is 0 Å². The number of nitrogen functional groups attached to an aromatic ring is 1. The van der Waals surface area contributed by atoms with Gasteiger partial charge in [0.1, 0.15) is 5.82 Å². The van der Waals surface area contributed by atoms with Crippen LogP contribution in [0, 0.1) is 5.92 Å². The van der Waals surface area contributed by atoms with Crippen LogP contribution in [-0.2, 0) is 0 Å². The summed E-state index contributed by atoms with van der Waals surface area (Å²) in [5.41, 5.74) is 6.26. The molecule has 0 saturated heterocycles. The van der Waals surface area contributed by atoms with E-state index in [0.29, 0.717) is 17.6 Å². The third kappa shape index (κ3) is 2.14. The molecule has 2 unspecified atom stereocenters. The number of pyridine rings is 1. The predicted molar refractivity (Wildman–Crippen MR) is 61.0 cm³/mol. The number of aromatic nitrogens is 1. The van der Waals surface area contributed by atoms with Gasteiger partial charge in [0.25, 0.3) is 0 Å². The summed E-state index contributed by atoms with van der Waals surface area (Å²) >= 11 is 0. The van der Waals surface area contributed by atoms with Crippen LogP contribution < -0.4 is 15.8 Å². The van der Waals surface area contributed by atoms with Crippen molar-refractivity contribution in [3.63, 3.8) is 0 Å². The smallest absolute Gasteiger partial charge is 0.238 e. The number of hydrogen-bond acceptors (Lipinski definition) is 4. The van der Waals surface area contributed by atoms with E-state index in [1.807, 2.05) is 12.1 Å². The highest BCUT2D eigenvalue weighted by molar-refractivity contribution is 5.54. The summed E-state index contributed by atoms with van der Waals surface area (Å²) in [5, 5.41) is 3.37. The van der Waals surface area contributed by atoms with Crippen LogP contribution in [0.5, 0.6) is 5.88 Å². The lowest BCUT2D eigenvalue weighted by molar-refractivity contribution is 0.401. The van der Waals surface area contributed by atoms with Crippen LogP contribution in [0.1, 0.15) is 19.8 Å². The molecule has 3 N–H and O–H groups in total. The van der Waals surface area contributed by atoms with Crippen molar-refractivity contribution in [2.75, 3.05) is 18.2 Å². The van der Waals surface area contributed by atoms with E-state index in [0.717, 1.165) is 11.7 Å². The number of methoxy groups -OCH3 is 1. The lowest BCUT2D eigenvalue weighted by Crippen LogP contribution is -2.07. The molecule has 1 heterocycles. The van der Waals surface area contributed by atoms with E-state index in [-0.39, 0.29) is 0 Å². The summed E-state index contributed by atoms with van der Waals surface area (Å²) in [4.78, 5) is 4.28. The van der Waals surface area contributed by atoms with Gasteiger partial charge in [-0.05, 0) is 24.5 Å². The second kappa shape index (κ2) is 3.96. The van der Waals surface area contributed by atoms with Gasteiger partial charge in [0.05, 0.1) is 12.8 Å². The molecule has 1 aromatic rings. The third-order valence-electron chi connectivity index (χ3n) is 2.86. The maximum Gasteiger partial charge on any atom is 0.238 e. The molecule has 1 saturated carbocycles. The maximum absolute atomic E-state index is 5.68. The van der Waals surface area contributed by atoms with Crippen molar-refractivity contribution in [1.82, 2.24) is 4.98 Å². The lowest BCUT2D eigenvalue weighted by atomic mass is 10.3.